The first-order valence-electron chi connectivity index (χ1n) is 3.66. The van der Waals surface area contributed by atoms with Crippen molar-refractivity contribution in [2.45, 2.75) is 6.10 Å². The molecule has 2 rings (SSSR count). The van der Waals surface area contributed by atoms with Gasteiger partial charge in [-0.1, -0.05) is 6.07 Å². The number of nitriles is 1. The molecule has 0 bridgehead atoms. The molecule has 1 aromatic rings. The molecule has 1 N–H and O–H groups in total. The second-order valence-corrected chi connectivity index (χ2v) is 2.69. The largest absolute Gasteiger partial charge is 0.490 e. The summed E-state index contributed by atoms with van der Waals surface area (Å²) in [4.78, 5) is 0. The molecular formula is C9H7NO2. The Balaban J connectivity index is 2.50. The van der Waals surface area contributed by atoms with Crippen LogP contribution in [0.2, 0.25) is 0 Å². The topological polar surface area (TPSA) is 53.2 Å². The number of aliphatic hydroxyl groups is 1. The number of hydrogen-bond acceptors (Lipinski definition) is 3. The Bertz CT molecular complexity index is 354. The highest BCUT2D eigenvalue weighted by Crippen LogP contribution is 2.32. The van der Waals surface area contributed by atoms with E-state index in [-0.39, 0.29) is 0 Å². The maximum atomic E-state index is 9.34. The highest BCUT2D eigenvalue weighted by Gasteiger charge is 2.21. The molecule has 0 radical (unpaired) electrons. The lowest BCUT2D eigenvalue weighted by Gasteiger charge is -1.98. The second-order valence-electron chi connectivity index (χ2n) is 2.69. The van der Waals surface area contributed by atoms with Crippen molar-refractivity contribution in [2.24, 2.45) is 0 Å². The number of fused-ring (bicyclic) bond motifs is 1. The van der Waals surface area contributed by atoms with Crippen LogP contribution in [0.25, 0.3) is 0 Å². The van der Waals surface area contributed by atoms with Gasteiger partial charge in [0.1, 0.15) is 18.5 Å². The van der Waals surface area contributed by atoms with Crippen molar-refractivity contribution in [3.05, 3.63) is 29.3 Å². The molecule has 0 aliphatic carbocycles. The average Bonchev–Trinajstić information content (AvgIpc) is 2.47. The Morgan fingerprint density at radius 2 is 2.42 bits per heavy atom. The normalized spacial score (nSPS) is 19.5. The van der Waals surface area contributed by atoms with Gasteiger partial charge in [-0.2, -0.15) is 5.26 Å². The fraction of sp³-hybridized carbons (Fsp3) is 0.222. The van der Waals surface area contributed by atoms with Gasteiger partial charge in [0, 0.05) is 5.56 Å². The van der Waals surface area contributed by atoms with E-state index in [1.807, 2.05) is 6.07 Å². The molecule has 1 aromatic carbocycles. The zero-order valence-corrected chi connectivity index (χ0v) is 6.32. The van der Waals surface area contributed by atoms with Gasteiger partial charge in [-0.05, 0) is 12.1 Å². The van der Waals surface area contributed by atoms with Gasteiger partial charge in [-0.3, -0.25) is 0 Å². The molecule has 1 aliphatic heterocycles. The van der Waals surface area contributed by atoms with Crippen LogP contribution in [0.4, 0.5) is 0 Å². The summed E-state index contributed by atoms with van der Waals surface area (Å²) < 4.78 is 5.15. The van der Waals surface area contributed by atoms with Crippen LogP contribution in [0, 0.1) is 11.3 Å². The summed E-state index contributed by atoms with van der Waals surface area (Å²) in [6.07, 6.45) is -0.534. The van der Waals surface area contributed by atoms with Gasteiger partial charge in [-0.15, -0.1) is 0 Å². The van der Waals surface area contributed by atoms with Gasteiger partial charge in [0.25, 0.3) is 0 Å². The summed E-state index contributed by atoms with van der Waals surface area (Å²) >= 11 is 0. The molecule has 0 aromatic heterocycles. The molecule has 1 unspecified atom stereocenters. The van der Waals surface area contributed by atoms with E-state index < -0.39 is 6.10 Å². The maximum Gasteiger partial charge on any atom is 0.126 e. The minimum absolute atomic E-state index is 0.296. The van der Waals surface area contributed by atoms with Crippen molar-refractivity contribution in [1.82, 2.24) is 0 Å². The number of nitrogens with zero attached hydrogens (tertiary/aromatic N) is 1. The van der Waals surface area contributed by atoms with Crippen LogP contribution in [-0.2, 0) is 0 Å². The van der Waals surface area contributed by atoms with Crippen molar-refractivity contribution in [1.29, 1.82) is 5.26 Å². The maximum absolute atomic E-state index is 9.34. The Kier molecular flexibility index (Phi) is 1.49. The lowest BCUT2D eigenvalue weighted by molar-refractivity contribution is 0.140. The van der Waals surface area contributed by atoms with Crippen LogP contribution in [-0.4, -0.2) is 11.7 Å². The van der Waals surface area contributed by atoms with Crippen LogP contribution in [0.5, 0.6) is 5.75 Å². The lowest BCUT2D eigenvalue weighted by atomic mass is 10.1. The Morgan fingerprint density at radius 1 is 1.58 bits per heavy atom. The van der Waals surface area contributed by atoms with Crippen molar-refractivity contribution in [3.8, 4) is 11.8 Å². The molecular weight excluding hydrogens is 154 g/mol. The van der Waals surface area contributed by atoms with E-state index in [1.54, 1.807) is 18.2 Å². The molecule has 12 heavy (non-hydrogen) atoms. The van der Waals surface area contributed by atoms with E-state index in [9.17, 15) is 5.11 Å². The molecule has 0 saturated carbocycles. The Labute approximate surface area is 69.8 Å². The van der Waals surface area contributed by atoms with Crippen LogP contribution < -0.4 is 4.74 Å². The molecule has 3 heteroatoms. The van der Waals surface area contributed by atoms with E-state index in [4.69, 9.17) is 10.00 Å². The van der Waals surface area contributed by atoms with Gasteiger partial charge >= 0.3 is 0 Å². The Morgan fingerprint density at radius 3 is 3.17 bits per heavy atom. The third kappa shape index (κ3) is 0.936. The smallest absolute Gasteiger partial charge is 0.126 e. The molecule has 1 heterocycles. The number of ether oxygens (including phenoxy) is 1. The first-order valence-corrected chi connectivity index (χ1v) is 3.66. The fourth-order valence-corrected chi connectivity index (χ4v) is 1.26. The molecule has 0 saturated heterocycles. The number of aliphatic hydroxyl groups excluding tert-OH is 1. The van der Waals surface area contributed by atoms with Gasteiger partial charge < -0.3 is 9.84 Å². The first kappa shape index (κ1) is 7.14. The SMILES string of the molecule is N#Cc1ccc2c(c1)OCC2O. The van der Waals surface area contributed by atoms with Gasteiger partial charge in [0.05, 0.1) is 11.6 Å². The second kappa shape index (κ2) is 2.50. The predicted molar refractivity (Wildman–Crippen MR) is 41.6 cm³/mol. The highest BCUT2D eigenvalue weighted by atomic mass is 16.5. The Hall–Kier alpha value is -1.53. The molecule has 0 amide bonds. The van der Waals surface area contributed by atoms with Crippen molar-refractivity contribution in [3.63, 3.8) is 0 Å². The zero-order valence-electron chi connectivity index (χ0n) is 6.32. The average molecular weight is 161 g/mol. The van der Waals surface area contributed by atoms with Crippen molar-refractivity contribution < 1.29 is 9.84 Å². The van der Waals surface area contributed by atoms with E-state index >= 15 is 0 Å². The summed E-state index contributed by atoms with van der Waals surface area (Å²) in [5.74, 6) is 0.626. The fourth-order valence-electron chi connectivity index (χ4n) is 1.26. The van der Waals surface area contributed by atoms with Gasteiger partial charge in [0.2, 0.25) is 0 Å². The third-order valence-electron chi connectivity index (χ3n) is 1.90. The summed E-state index contributed by atoms with van der Waals surface area (Å²) in [5, 5.41) is 17.9. The summed E-state index contributed by atoms with van der Waals surface area (Å²) in [6, 6.07) is 7.06. The van der Waals surface area contributed by atoms with E-state index in [1.165, 1.54) is 0 Å². The van der Waals surface area contributed by atoms with Crippen LogP contribution in [0.3, 0.4) is 0 Å². The predicted octanol–water partition coefficient (Wildman–Crippen LogP) is 0.984. The van der Waals surface area contributed by atoms with E-state index in [2.05, 4.69) is 0 Å². The molecule has 3 nitrogen and oxygen atoms in total. The summed E-state index contributed by atoms with van der Waals surface area (Å²) in [7, 11) is 0. The minimum atomic E-state index is -0.534. The number of hydrogen-bond donors (Lipinski definition) is 1. The summed E-state index contributed by atoms with van der Waals surface area (Å²) in [5.41, 5.74) is 1.33. The molecule has 1 atom stereocenters. The van der Waals surface area contributed by atoms with Crippen LogP contribution in [0.15, 0.2) is 18.2 Å². The highest BCUT2D eigenvalue weighted by molar-refractivity contribution is 5.45. The monoisotopic (exact) mass is 161 g/mol. The van der Waals surface area contributed by atoms with Gasteiger partial charge in [-0.25, -0.2) is 0 Å². The first-order chi connectivity index (χ1) is 5.81. The van der Waals surface area contributed by atoms with Gasteiger partial charge in [0.15, 0.2) is 0 Å². The lowest BCUT2D eigenvalue weighted by Crippen LogP contribution is -1.97. The summed E-state index contributed by atoms with van der Waals surface area (Å²) in [6.45, 7) is 0.296. The number of rotatable bonds is 0. The number of benzene rings is 1. The van der Waals surface area contributed by atoms with Crippen LogP contribution in [0.1, 0.15) is 17.2 Å². The third-order valence-corrected chi connectivity index (χ3v) is 1.90. The quantitative estimate of drug-likeness (QED) is 0.617. The molecule has 0 fully saturated rings. The van der Waals surface area contributed by atoms with Crippen LogP contribution >= 0.6 is 0 Å². The van der Waals surface area contributed by atoms with E-state index in [0.29, 0.717) is 17.9 Å². The van der Waals surface area contributed by atoms with Crippen molar-refractivity contribution in [2.75, 3.05) is 6.61 Å². The molecule has 0 spiro atoms. The van der Waals surface area contributed by atoms with Crippen molar-refractivity contribution >= 4 is 0 Å². The standard InChI is InChI=1S/C9H7NO2/c10-4-6-1-2-7-8(11)5-12-9(7)3-6/h1-3,8,11H,5H2. The zero-order chi connectivity index (χ0) is 8.55. The minimum Gasteiger partial charge on any atom is -0.490 e. The van der Waals surface area contributed by atoms with E-state index in [0.717, 1.165) is 5.56 Å². The molecule has 1 aliphatic rings. The molecule has 60 valence electrons.